The molecule has 0 unspecified atom stereocenters. The largest absolute Gasteiger partial charge is 0.341 e. The highest BCUT2D eigenvalue weighted by Gasteiger charge is 2.41. The zero-order chi connectivity index (χ0) is 29.8. The molecule has 4 N–H and O–H groups in total. The summed E-state index contributed by atoms with van der Waals surface area (Å²) in [5.74, 6) is 2.12. The number of aromatic amines is 2. The summed E-state index contributed by atoms with van der Waals surface area (Å²) in [6, 6.07) is 23.8. The lowest BCUT2D eigenvalue weighted by Gasteiger charge is -2.22. The summed E-state index contributed by atoms with van der Waals surface area (Å²) >= 11 is 0. The lowest BCUT2D eigenvalue weighted by atomic mass is 9.82. The topological polar surface area (TPSA) is 81.4 Å². The van der Waals surface area contributed by atoms with Gasteiger partial charge in [-0.05, 0) is 114 Å². The molecule has 2 aromatic heterocycles. The Balaban J connectivity index is 1.02. The van der Waals surface area contributed by atoms with Gasteiger partial charge in [-0.3, -0.25) is 0 Å². The van der Waals surface area contributed by atoms with Gasteiger partial charge in [0.2, 0.25) is 0 Å². The first-order valence-electron chi connectivity index (χ1n) is 17.1. The Morgan fingerprint density at radius 1 is 0.533 bits per heavy atom. The summed E-state index contributed by atoms with van der Waals surface area (Å²) in [5, 5.41) is 7.10. The molecule has 0 amide bonds. The number of aromatic nitrogens is 4. The van der Waals surface area contributed by atoms with Crippen molar-refractivity contribution >= 4 is 0 Å². The monoisotopic (exact) mass is 594 g/mol. The number of nitrogens with zero attached hydrogens (tertiary/aromatic N) is 2. The maximum atomic E-state index is 4.70. The zero-order valence-electron chi connectivity index (χ0n) is 26.0. The molecule has 5 aromatic rings. The van der Waals surface area contributed by atoms with Crippen molar-refractivity contribution in [2.24, 2.45) is 5.41 Å². The Morgan fingerprint density at radius 2 is 0.978 bits per heavy atom. The molecule has 6 heteroatoms. The number of H-pyrrole nitrogens is 2. The van der Waals surface area contributed by atoms with Gasteiger partial charge in [0.1, 0.15) is 11.6 Å². The minimum Gasteiger partial charge on any atom is -0.341 e. The molecule has 45 heavy (non-hydrogen) atoms. The third-order valence-electron chi connectivity index (χ3n) is 11.2. The summed E-state index contributed by atoms with van der Waals surface area (Å²) in [4.78, 5) is 16.5. The Labute approximate surface area is 265 Å². The van der Waals surface area contributed by atoms with Crippen molar-refractivity contribution in [2.75, 3.05) is 13.1 Å². The fraction of sp³-hybridized carbons (Fsp3) is 0.385. The van der Waals surface area contributed by atoms with Crippen LogP contribution in [0, 0.1) is 5.41 Å². The molecule has 2 aliphatic heterocycles. The van der Waals surface area contributed by atoms with Crippen LogP contribution in [-0.4, -0.2) is 33.0 Å². The standard InChI is InChI=1S/C39H42N6/c1-2-18-39(17-1)21-31-29(25-7-11-27(12-8-25)35-23-42-37(44-35)33-5-3-19-40-33)15-16-30(32(31)22-39)26-9-13-28(14-10-26)36-24-43-38(45-36)34-6-4-20-41-34/h7-16,23-24,33-34,40-41H,1-6,17-22H2,(H,42,44)(H,43,45)/t33-,34-/m0/s1. The summed E-state index contributed by atoms with van der Waals surface area (Å²) in [5.41, 5.74) is 13.6. The van der Waals surface area contributed by atoms with Crippen LogP contribution in [0.3, 0.4) is 0 Å². The molecule has 9 rings (SSSR count). The van der Waals surface area contributed by atoms with Gasteiger partial charge in [0.15, 0.2) is 0 Å². The Morgan fingerprint density at radius 3 is 1.40 bits per heavy atom. The normalized spacial score (nSPS) is 22.0. The van der Waals surface area contributed by atoms with Gasteiger partial charge in [-0.25, -0.2) is 9.97 Å². The van der Waals surface area contributed by atoms with E-state index >= 15 is 0 Å². The third-order valence-corrected chi connectivity index (χ3v) is 11.2. The summed E-state index contributed by atoms with van der Waals surface area (Å²) in [7, 11) is 0. The maximum Gasteiger partial charge on any atom is 0.123 e. The van der Waals surface area contributed by atoms with Gasteiger partial charge in [-0.2, -0.15) is 0 Å². The van der Waals surface area contributed by atoms with Gasteiger partial charge in [-0.15, -0.1) is 0 Å². The molecule has 3 fully saturated rings. The fourth-order valence-electron chi connectivity index (χ4n) is 8.74. The average molecular weight is 595 g/mol. The number of rotatable bonds is 6. The molecule has 3 aromatic carbocycles. The van der Waals surface area contributed by atoms with Crippen LogP contribution in [0.4, 0.5) is 0 Å². The molecule has 2 atom stereocenters. The number of imidazole rings is 2. The molecule has 228 valence electrons. The van der Waals surface area contributed by atoms with Crippen molar-refractivity contribution in [3.05, 3.63) is 95.8 Å². The van der Waals surface area contributed by atoms with E-state index in [4.69, 9.17) is 9.97 Å². The van der Waals surface area contributed by atoms with Crippen molar-refractivity contribution in [3.8, 4) is 44.8 Å². The van der Waals surface area contributed by atoms with E-state index in [1.54, 1.807) is 11.1 Å². The second-order valence-corrected chi connectivity index (χ2v) is 14.0. The van der Waals surface area contributed by atoms with Crippen molar-refractivity contribution in [1.82, 2.24) is 30.6 Å². The SMILES string of the molecule is c1cc(-c2ccc(-c3ccc(-c4cnc([C@@H]5CCCN5)[nH]4)cc3)c3c2CC2(CCCC2)C3)ccc1-c1cnc([C@@H]2CCCN2)[nH]1. The summed E-state index contributed by atoms with van der Waals surface area (Å²) < 4.78 is 0. The van der Waals surface area contributed by atoms with E-state index in [9.17, 15) is 0 Å². The smallest absolute Gasteiger partial charge is 0.123 e. The molecule has 1 spiro atoms. The molecule has 0 radical (unpaired) electrons. The predicted octanol–water partition coefficient (Wildman–Crippen LogP) is 8.31. The second kappa shape index (κ2) is 11.1. The van der Waals surface area contributed by atoms with E-state index in [1.165, 1.54) is 84.7 Å². The summed E-state index contributed by atoms with van der Waals surface area (Å²) in [6.45, 7) is 2.16. The average Bonchev–Trinajstić information content (AvgIpc) is 3.93. The minimum absolute atomic E-state index is 0.357. The highest BCUT2D eigenvalue weighted by atomic mass is 15.0. The quantitative estimate of drug-likeness (QED) is 0.159. The van der Waals surface area contributed by atoms with Gasteiger partial charge < -0.3 is 20.6 Å². The number of fused-ring (bicyclic) bond motifs is 1. The third kappa shape index (κ3) is 4.95. The molecule has 4 heterocycles. The van der Waals surface area contributed by atoms with Gasteiger partial charge >= 0.3 is 0 Å². The van der Waals surface area contributed by atoms with Crippen molar-refractivity contribution in [1.29, 1.82) is 0 Å². The molecule has 6 nitrogen and oxygen atoms in total. The number of hydrogen-bond acceptors (Lipinski definition) is 4. The molecule has 0 bridgehead atoms. The van der Waals surface area contributed by atoms with Crippen LogP contribution >= 0.6 is 0 Å². The van der Waals surface area contributed by atoms with Crippen molar-refractivity contribution in [3.63, 3.8) is 0 Å². The van der Waals surface area contributed by atoms with E-state index in [-0.39, 0.29) is 0 Å². The van der Waals surface area contributed by atoms with Crippen LogP contribution in [0.5, 0.6) is 0 Å². The van der Waals surface area contributed by atoms with E-state index in [0.717, 1.165) is 49.0 Å². The zero-order valence-corrected chi connectivity index (χ0v) is 26.0. The first-order valence-corrected chi connectivity index (χ1v) is 17.1. The van der Waals surface area contributed by atoms with E-state index < -0.39 is 0 Å². The lowest BCUT2D eigenvalue weighted by molar-refractivity contribution is 0.318. The fourth-order valence-corrected chi connectivity index (χ4v) is 8.74. The molecule has 2 aliphatic carbocycles. The van der Waals surface area contributed by atoms with Gasteiger partial charge in [0, 0.05) is 0 Å². The number of hydrogen-bond donors (Lipinski definition) is 4. The molecule has 1 saturated carbocycles. The second-order valence-electron chi connectivity index (χ2n) is 14.0. The Bertz CT molecular complexity index is 1680. The van der Waals surface area contributed by atoms with E-state index in [0.29, 0.717) is 17.5 Å². The maximum absolute atomic E-state index is 4.70. The van der Waals surface area contributed by atoms with Gasteiger partial charge in [0.25, 0.3) is 0 Å². The number of benzene rings is 3. The van der Waals surface area contributed by atoms with Crippen LogP contribution < -0.4 is 10.6 Å². The van der Waals surface area contributed by atoms with Crippen LogP contribution in [0.2, 0.25) is 0 Å². The van der Waals surface area contributed by atoms with Crippen LogP contribution in [0.25, 0.3) is 44.8 Å². The van der Waals surface area contributed by atoms with E-state index in [2.05, 4.69) is 81.3 Å². The first-order chi connectivity index (χ1) is 22.2. The molecule has 2 saturated heterocycles. The highest BCUT2D eigenvalue weighted by molar-refractivity contribution is 5.80. The van der Waals surface area contributed by atoms with Gasteiger partial charge in [-0.1, -0.05) is 73.5 Å². The predicted molar refractivity (Wildman–Crippen MR) is 181 cm³/mol. The van der Waals surface area contributed by atoms with E-state index in [1.807, 2.05) is 12.4 Å². The van der Waals surface area contributed by atoms with Crippen LogP contribution in [0.15, 0.2) is 73.1 Å². The molecular weight excluding hydrogens is 552 g/mol. The highest BCUT2D eigenvalue weighted by Crippen LogP contribution is 2.53. The Kier molecular flexibility index (Phi) is 6.75. The first kappa shape index (κ1) is 27.3. The minimum atomic E-state index is 0.357. The summed E-state index contributed by atoms with van der Waals surface area (Å²) in [6.07, 6.45) is 16.6. The van der Waals surface area contributed by atoms with Crippen molar-refractivity contribution in [2.45, 2.75) is 76.3 Å². The lowest BCUT2D eigenvalue weighted by Crippen LogP contribution is -2.15. The molecular formula is C39H42N6. The van der Waals surface area contributed by atoms with Crippen LogP contribution in [0.1, 0.15) is 86.2 Å². The van der Waals surface area contributed by atoms with Crippen LogP contribution in [-0.2, 0) is 12.8 Å². The molecule has 4 aliphatic rings. The van der Waals surface area contributed by atoms with Gasteiger partial charge in [0.05, 0.1) is 35.9 Å². The Hall–Kier alpha value is -4.00. The van der Waals surface area contributed by atoms with Crippen molar-refractivity contribution < 1.29 is 0 Å². The number of nitrogens with one attached hydrogen (secondary N) is 4.